The highest BCUT2D eigenvalue weighted by Crippen LogP contribution is 2.16. The normalized spacial score (nSPS) is 10.4. The minimum atomic E-state index is -0.561. The van der Waals surface area contributed by atoms with Crippen LogP contribution >= 0.6 is 0 Å². The first-order valence-electron chi connectivity index (χ1n) is 8.54. The number of benzene rings is 2. The highest BCUT2D eigenvalue weighted by molar-refractivity contribution is 6.11. The molecule has 2 aromatic carbocycles. The summed E-state index contributed by atoms with van der Waals surface area (Å²) in [7, 11) is 0. The monoisotopic (exact) mass is 367 g/mol. The Hall–Kier alpha value is -3.02. The van der Waals surface area contributed by atoms with Crippen LogP contribution in [0.4, 0.5) is 10.1 Å². The van der Waals surface area contributed by atoms with Crippen molar-refractivity contribution in [2.45, 2.75) is 13.3 Å². The van der Waals surface area contributed by atoms with Crippen LogP contribution in [0.2, 0.25) is 0 Å². The van der Waals surface area contributed by atoms with Crippen molar-refractivity contribution in [2.24, 2.45) is 11.6 Å². The number of rotatable bonds is 7. The number of ketones is 1. The molecule has 0 saturated carbocycles. The molecule has 0 spiro atoms. The van der Waals surface area contributed by atoms with Gasteiger partial charge in [0.25, 0.3) is 0 Å². The van der Waals surface area contributed by atoms with Crippen molar-refractivity contribution in [2.75, 3.05) is 12.0 Å². The molecule has 0 aromatic heterocycles. The van der Waals surface area contributed by atoms with Gasteiger partial charge in [0.05, 0.1) is 5.56 Å². The van der Waals surface area contributed by atoms with E-state index in [2.05, 4.69) is 31.6 Å². The zero-order valence-corrected chi connectivity index (χ0v) is 15.5. The Bertz CT molecular complexity index is 809. The molecule has 2 rings (SSSR count). The van der Waals surface area contributed by atoms with Gasteiger partial charge in [0.2, 0.25) is 0 Å². The van der Waals surface area contributed by atoms with E-state index in [1.165, 1.54) is 29.8 Å². The van der Waals surface area contributed by atoms with Gasteiger partial charge in [-0.05, 0) is 41.8 Å². The Balaban J connectivity index is 0.000000309. The van der Waals surface area contributed by atoms with Gasteiger partial charge in [-0.1, -0.05) is 56.5 Å². The van der Waals surface area contributed by atoms with E-state index in [1.807, 2.05) is 18.2 Å². The molecular weight excluding hydrogens is 341 g/mol. The highest BCUT2D eigenvalue weighted by atomic mass is 19.1. The number of nitrogens with one attached hydrogen (secondary N) is 1. The minimum Gasteiger partial charge on any atom is -0.326 e. The van der Waals surface area contributed by atoms with E-state index in [0.717, 1.165) is 12.1 Å². The number of hydrogen-bond donors (Lipinski definition) is 3. The molecule has 27 heavy (non-hydrogen) atoms. The van der Waals surface area contributed by atoms with Crippen molar-refractivity contribution in [3.05, 3.63) is 102 Å². The van der Waals surface area contributed by atoms with Crippen LogP contribution in [0.15, 0.2) is 85.0 Å². The van der Waals surface area contributed by atoms with Crippen LogP contribution in [0.5, 0.6) is 0 Å². The smallest absolute Gasteiger partial charge is 0.195 e. The summed E-state index contributed by atoms with van der Waals surface area (Å²) < 4.78 is 13.4. The van der Waals surface area contributed by atoms with Gasteiger partial charge >= 0.3 is 0 Å². The average molecular weight is 367 g/mol. The summed E-state index contributed by atoms with van der Waals surface area (Å²) in [5.74, 6) is 4.21. The summed E-state index contributed by atoms with van der Waals surface area (Å²) in [6.07, 6.45) is 4.17. The van der Waals surface area contributed by atoms with Gasteiger partial charge in [0, 0.05) is 17.8 Å². The topological polar surface area (TPSA) is 81.1 Å². The maximum Gasteiger partial charge on any atom is 0.195 e. The van der Waals surface area contributed by atoms with Gasteiger partial charge in [-0.2, -0.15) is 0 Å². The molecule has 0 radical (unpaired) electrons. The summed E-state index contributed by atoms with van der Waals surface area (Å²) in [4.78, 5) is 12.0. The fraction of sp³-hybridized carbons (Fsp3) is 0.136. The zero-order valence-electron chi connectivity index (χ0n) is 15.5. The van der Waals surface area contributed by atoms with Gasteiger partial charge < -0.3 is 11.2 Å². The van der Waals surface area contributed by atoms with Crippen LogP contribution in [0, 0.1) is 5.82 Å². The number of aryl methyl sites for hydroxylation is 1. The molecule has 5 heteroatoms. The first-order chi connectivity index (χ1) is 13.0. The van der Waals surface area contributed by atoms with E-state index in [4.69, 9.17) is 11.6 Å². The van der Waals surface area contributed by atoms with Crippen LogP contribution < -0.4 is 17.0 Å². The van der Waals surface area contributed by atoms with E-state index in [-0.39, 0.29) is 17.7 Å². The van der Waals surface area contributed by atoms with Crippen LogP contribution in [0.25, 0.3) is 0 Å². The van der Waals surface area contributed by atoms with Crippen molar-refractivity contribution in [1.82, 2.24) is 0 Å². The standard InChI is InChI=1S/C14H14FNO.C8H12N2/c1-3-6-11(9-16)10(2)14(17)12-7-4-5-8-13(12)15;1-2-7-4-3-5-8(6-7)10-9/h3-8H,1-2,9,16H2;3-6,10H,2,9H2,1H3/b11-6+;. The number of carbonyl (C=O) groups is 1. The number of hydrazine groups is 1. The van der Waals surface area contributed by atoms with Crippen molar-refractivity contribution < 1.29 is 9.18 Å². The van der Waals surface area contributed by atoms with E-state index in [0.29, 0.717) is 5.57 Å². The number of carbonyl (C=O) groups excluding carboxylic acids is 1. The molecule has 0 bridgehead atoms. The molecule has 142 valence electrons. The molecule has 0 amide bonds. The highest BCUT2D eigenvalue weighted by Gasteiger charge is 2.16. The fourth-order valence-electron chi connectivity index (χ4n) is 2.27. The van der Waals surface area contributed by atoms with Gasteiger partial charge in [-0.25, -0.2) is 4.39 Å². The lowest BCUT2D eigenvalue weighted by Crippen LogP contribution is -2.13. The molecule has 0 fully saturated rings. The molecule has 0 atom stereocenters. The van der Waals surface area contributed by atoms with Gasteiger partial charge in [-0.15, -0.1) is 0 Å². The lowest BCUT2D eigenvalue weighted by Gasteiger charge is -2.08. The summed E-state index contributed by atoms with van der Waals surface area (Å²) in [5, 5.41) is 0. The second-order valence-corrected chi connectivity index (χ2v) is 5.62. The van der Waals surface area contributed by atoms with Crippen LogP contribution in [-0.2, 0) is 6.42 Å². The van der Waals surface area contributed by atoms with Crippen molar-refractivity contribution >= 4 is 11.5 Å². The van der Waals surface area contributed by atoms with Crippen LogP contribution in [0.3, 0.4) is 0 Å². The first-order valence-corrected chi connectivity index (χ1v) is 8.54. The van der Waals surface area contributed by atoms with E-state index < -0.39 is 11.6 Å². The maximum absolute atomic E-state index is 13.4. The number of hydrogen-bond acceptors (Lipinski definition) is 4. The number of nitrogens with two attached hydrogens (primary N) is 2. The summed E-state index contributed by atoms with van der Waals surface area (Å²) in [6.45, 7) is 9.45. The third kappa shape index (κ3) is 6.66. The largest absolute Gasteiger partial charge is 0.326 e. The Morgan fingerprint density at radius 2 is 1.93 bits per heavy atom. The quantitative estimate of drug-likeness (QED) is 0.226. The number of nitrogen functional groups attached to an aromatic ring is 1. The van der Waals surface area contributed by atoms with Gasteiger partial charge in [0.1, 0.15) is 5.82 Å². The van der Waals surface area contributed by atoms with Gasteiger partial charge in [0.15, 0.2) is 5.78 Å². The predicted octanol–water partition coefficient (Wildman–Crippen LogP) is 4.17. The Morgan fingerprint density at radius 1 is 1.22 bits per heavy atom. The Labute approximate surface area is 160 Å². The molecule has 0 unspecified atom stereocenters. The van der Waals surface area contributed by atoms with Crippen molar-refractivity contribution in [3.8, 4) is 0 Å². The molecular formula is C22H26FN3O. The lowest BCUT2D eigenvalue weighted by atomic mass is 9.97. The van der Waals surface area contributed by atoms with Gasteiger partial charge in [-0.3, -0.25) is 10.6 Å². The maximum atomic E-state index is 13.4. The van der Waals surface area contributed by atoms with Crippen LogP contribution in [-0.4, -0.2) is 12.3 Å². The molecule has 0 aliphatic carbocycles. The van der Waals surface area contributed by atoms with E-state index in [1.54, 1.807) is 12.1 Å². The number of allylic oxidation sites excluding steroid dienone is 2. The summed E-state index contributed by atoms with van der Waals surface area (Å²) in [5.41, 5.74) is 11.1. The molecule has 0 heterocycles. The third-order valence-corrected chi connectivity index (χ3v) is 3.82. The average Bonchev–Trinajstić information content (AvgIpc) is 2.71. The number of halogens is 1. The second kappa shape index (κ2) is 11.6. The van der Waals surface area contributed by atoms with E-state index in [9.17, 15) is 9.18 Å². The lowest BCUT2D eigenvalue weighted by molar-refractivity contribution is 0.103. The number of Topliss-reactive ketones (excluding diaryl/α,β-unsaturated/α-hetero) is 1. The molecule has 2 aromatic rings. The van der Waals surface area contributed by atoms with Crippen molar-refractivity contribution in [1.29, 1.82) is 0 Å². The predicted molar refractivity (Wildman–Crippen MR) is 111 cm³/mol. The van der Waals surface area contributed by atoms with E-state index >= 15 is 0 Å². The fourth-order valence-corrected chi connectivity index (χ4v) is 2.27. The number of anilines is 1. The molecule has 0 aliphatic rings. The van der Waals surface area contributed by atoms with Crippen LogP contribution in [0.1, 0.15) is 22.8 Å². The minimum absolute atomic E-state index is 0.000845. The molecule has 4 nitrogen and oxygen atoms in total. The molecule has 0 saturated heterocycles. The summed E-state index contributed by atoms with van der Waals surface area (Å²) in [6, 6.07) is 13.8. The summed E-state index contributed by atoms with van der Waals surface area (Å²) >= 11 is 0. The first kappa shape index (κ1) is 22.0. The SMILES string of the molecule is C=C/C=C(\CN)C(=C)C(=O)c1ccccc1F.CCc1cccc(NN)c1. The Morgan fingerprint density at radius 3 is 2.48 bits per heavy atom. The zero-order chi connectivity index (χ0) is 20.2. The molecule has 0 aliphatic heterocycles. The van der Waals surface area contributed by atoms with Crippen molar-refractivity contribution in [3.63, 3.8) is 0 Å². The Kier molecular flexibility index (Phi) is 9.43. The second-order valence-electron chi connectivity index (χ2n) is 5.62. The molecule has 5 N–H and O–H groups in total. The third-order valence-electron chi connectivity index (χ3n) is 3.82.